The summed E-state index contributed by atoms with van der Waals surface area (Å²) in [5.74, 6) is -4.35. The highest BCUT2D eigenvalue weighted by atomic mass is 32.2. The fraction of sp³-hybridized carbons (Fsp3) is 0.400. The van der Waals surface area contributed by atoms with E-state index in [0.717, 1.165) is 25.3 Å². The van der Waals surface area contributed by atoms with Crippen LogP contribution in [-0.4, -0.2) is 55.8 Å². The lowest BCUT2D eigenvalue weighted by atomic mass is 9.92. The Morgan fingerprint density at radius 2 is 1.69 bits per heavy atom. The van der Waals surface area contributed by atoms with E-state index in [1.807, 2.05) is 0 Å². The van der Waals surface area contributed by atoms with Gasteiger partial charge in [0.2, 0.25) is 15.9 Å². The number of carbonyl (C=O) groups is 1. The van der Waals surface area contributed by atoms with Crippen LogP contribution in [0.3, 0.4) is 0 Å². The molecule has 0 fully saturated rings. The van der Waals surface area contributed by atoms with Gasteiger partial charge in [0.25, 0.3) is 5.92 Å². The Morgan fingerprint density at radius 1 is 1.03 bits per heavy atom. The maximum absolute atomic E-state index is 15.6. The SMILES string of the molecule is CC(C)C(C)(O)C#Cc1ccc(-c2cccc3c(NS(C)(=O)=O)nn(C)c23)c([C@H](Cc2cc(F)cc(F)c2)NC(=O)Cn2nc(C(F)(F)F)c3c2C(F)(F)[C@H](C)[C@@H]3C)n1. The molecule has 314 valence electrons. The number of anilines is 1. The van der Waals surface area contributed by atoms with Gasteiger partial charge in [-0.1, -0.05) is 45.7 Å². The highest BCUT2D eigenvalue weighted by Gasteiger charge is 2.57. The van der Waals surface area contributed by atoms with Gasteiger partial charge in [0.15, 0.2) is 11.5 Å². The number of para-hydroxylation sites is 1. The minimum absolute atomic E-state index is 0.000388. The molecule has 0 radical (unpaired) electrons. The lowest BCUT2D eigenvalue weighted by Gasteiger charge is -2.24. The Kier molecular flexibility index (Phi) is 11.2. The number of halogens is 7. The van der Waals surface area contributed by atoms with E-state index < -0.39 is 93.1 Å². The fourth-order valence-corrected chi connectivity index (χ4v) is 7.60. The second-order valence-electron chi connectivity index (χ2n) is 15.3. The molecule has 1 aliphatic carbocycles. The zero-order valence-corrected chi connectivity index (χ0v) is 33.6. The van der Waals surface area contributed by atoms with Gasteiger partial charge in [-0.2, -0.15) is 32.1 Å². The molecule has 1 aliphatic rings. The van der Waals surface area contributed by atoms with Gasteiger partial charge in [-0.3, -0.25) is 18.9 Å². The number of aryl methyl sites for hydroxylation is 1. The van der Waals surface area contributed by atoms with Crippen molar-refractivity contribution in [1.82, 2.24) is 29.9 Å². The van der Waals surface area contributed by atoms with Gasteiger partial charge in [0, 0.05) is 41.1 Å². The normalized spacial score (nSPS) is 18.0. The van der Waals surface area contributed by atoms with Crippen molar-refractivity contribution in [2.24, 2.45) is 18.9 Å². The first kappa shape index (κ1) is 43.1. The van der Waals surface area contributed by atoms with Crippen molar-refractivity contribution in [1.29, 1.82) is 0 Å². The van der Waals surface area contributed by atoms with Crippen LogP contribution in [0, 0.1) is 35.3 Å². The standard InChI is InChI=1S/C40H40F7N7O4S/c1-20(2)38(5,56)14-13-26-11-12-27(28-9-8-10-29-34(28)53(6)51-37(29)52-59(7,57)58)33(48-26)30(17-23-15-24(41)18-25(42)16-23)49-31(55)19-54-36-32(35(50-54)40(45,46)47)21(3)22(4)39(36,43)44/h8-12,15-16,18,20-22,30,56H,17,19H2,1-7H3,(H,49,55)(H,51,52)/t21-,22+,30-,38?/m0/s1. The number of sulfonamides is 1. The van der Waals surface area contributed by atoms with Gasteiger partial charge in [-0.05, 0) is 67.0 Å². The Hall–Kier alpha value is -5.48. The topological polar surface area (TPSA) is 144 Å². The molecule has 0 aliphatic heterocycles. The molecule has 19 heteroatoms. The Bertz CT molecular complexity index is 2620. The average Bonchev–Trinajstić information content (AvgIpc) is 3.71. The van der Waals surface area contributed by atoms with Gasteiger partial charge >= 0.3 is 6.18 Å². The van der Waals surface area contributed by atoms with Crippen molar-refractivity contribution < 1.29 is 49.1 Å². The third-order valence-electron chi connectivity index (χ3n) is 10.6. The summed E-state index contributed by atoms with van der Waals surface area (Å²) in [7, 11) is -2.24. The molecular formula is C40H40F7N7O4S. The first-order valence-electron chi connectivity index (χ1n) is 18.3. The third-order valence-corrected chi connectivity index (χ3v) is 11.2. The number of aromatic nitrogens is 5. The number of pyridine rings is 1. The molecule has 0 bridgehead atoms. The third kappa shape index (κ3) is 8.65. The second kappa shape index (κ2) is 15.3. The number of nitrogens with zero attached hydrogens (tertiary/aromatic N) is 5. The van der Waals surface area contributed by atoms with E-state index in [1.54, 1.807) is 45.2 Å². The van der Waals surface area contributed by atoms with Crippen LogP contribution in [0.25, 0.3) is 22.0 Å². The number of aliphatic hydroxyl groups is 1. The van der Waals surface area contributed by atoms with E-state index in [0.29, 0.717) is 27.2 Å². The minimum atomic E-state index is -5.12. The van der Waals surface area contributed by atoms with Crippen molar-refractivity contribution in [3.8, 4) is 23.0 Å². The molecule has 0 spiro atoms. The molecule has 3 N–H and O–H groups in total. The van der Waals surface area contributed by atoms with E-state index in [1.165, 1.54) is 24.6 Å². The first-order chi connectivity index (χ1) is 27.3. The highest BCUT2D eigenvalue weighted by Crippen LogP contribution is 2.55. The highest BCUT2D eigenvalue weighted by molar-refractivity contribution is 7.92. The number of hydrogen-bond donors (Lipinski definition) is 3. The molecule has 1 unspecified atom stereocenters. The van der Waals surface area contributed by atoms with Gasteiger partial charge in [-0.25, -0.2) is 22.2 Å². The Labute approximate surface area is 335 Å². The van der Waals surface area contributed by atoms with Gasteiger partial charge in [0.05, 0.1) is 23.5 Å². The maximum atomic E-state index is 15.6. The Balaban J connectivity index is 1.54. The van der Waals surface area contributed by atoms with Crippen LogP contribution in [0.1, 0.15) is 80.5 Å². The lowest BCUT2D eigenvalue weighted by Crippen LogP contribution is -2.35. The largest absolute Gasteiger partial charge is 0.435 e. The first-order valence-corrected chi connectivity index (χ1v) is 20.2. The molecule has 1 amide bonds. The molecule has 3 aromatic heterocycles. The molecular weight excluding hydrogens is 808 g/mol. The zero-order chi connectivity index (χ0) is 43.6. The van der Waals surface area contributed by atoms with Crippen LogP contribution < -0.4 is 10.0 Å². The maximum Gasteiger partial charge on any atom is 0.435 e. The number of benzene rings is 2. The number of rotatable bonds is 10. The van der Waals surface area contributed by atoms with Crippen molar-refractivity contribution >= 4 is 32.7 Å². The monoisotopic (exact) mass is 847 g/mol. The summed E-state index contributed by atoms with van der Waals surface area (Å²) < 4.78 is 131. The number of amides is 1. The summed E-state index contributed by atoms with van der Waals surface area (Å²) in [6, 6.07) is 9.14. The Morgan fingerprint density at radius 3 is 2.31 bits per heavy atom. The molecule has 4 atom stereocenters. The molecule has 5 aromatic rings. The smallest absolute Gasteiger partial charge is 0.378 e. The van der Waals surface area contributed by atoms with E-state index >= 15 is 8.78 Å². The van der Waals surface area contributed by atoms with Crippen molar-refractivity contribution in [3.63, 3.8) is 0 Å². The molecule has 2 aromatic carbocycles. The second-order valence-corrected chi connectivity index (χ2v) is 17.0. The minimum Gasteiger partial charge on any atom is -0.378 e. The van der Waals surface area contributed by atoms with Crippen molar-refractivity contribution in [2.75, 3.05) is 11.0 Å². The number of nitrogens with one attached hydrogen (secondary N) is 2. The van der Waals surface area contributed by atoms with Crippen LogP contribution in [0.2, 0.25) is 0 Å². The summed E-state index contributed by atoms with van der Waals surface area (Å²) in [6.45, 7) is 6.21. The van der Waals surface area contributed by atoms with Gasteiger partial charge < -0.3 is 10.4 Å². The number of carbonyl (C=O) groups excluding carboxylic acids is 1. The van der Waals surface area contributed by atoms with Crippen LogP contribution in [-0.2, 0) is 46.9 Å². The quantitative estimate of drug-likeness (QED) is 0.0997. The summed E-state index contributed by atoms with van der Waals surface area (Å²) in [5, 5.41) is 21.6. The summed E-state index contributed by atoms with van der Waals surface area (Å²) in [4.78, 5) is 18.7. The predicted octanol–water partition coefficient (Wildman–Crippen LogP) is 7.20. The van der Waals surface area contributed by atoms with Crippen LogP contribution in [0.5, 0.6) is 0 Å². The molecule has 0 saturated heterocycles. The van der Waals surface area contributed by atoms with Gasteiger partial charge in [0.1, 0.15) is 35.2 Å². The van der Waals surface area contributed by atoms with Crippen LogP contribution in [0.15, 0.2) is 48.5 Å². The lowest BCUT2D eigenvalue weighted by molar-refractivity contribution is -0.143. The summed E-state index contributed by atoms with van der Waals surface area (Å²) in [5.41, 5.74) is -3.68. The van der Waals surface area contributed by atoms with Crippen molar-refractivity contribution in [3.05, 3.63) is 94.1 Å². The van der Waals surface area contributed by atoms with Crippen LogP contribution >= 0.6 is 0 Å². The number of alkyl halides is 5. The fourth-order valence-electron chi connectivity index (χ4n) is 7.10. The number of fused-ring (bicyclic) bond motifs is 2. The predicted molar refractivity (Wildman–Crippen MR) is 204 cm³/mol. The van der Waals surface area contributed by atoms with E-state index in [-0.39, 0.29) is 34.3 Å². The van der Waals surface area contributed by atoms with E-state index in [2.05, 4.69) is 32.1 Å². The van der Waals surface area contributed by atoms with Gasteiger partial charge in [-0.15, -0.1) is 0 Å². The summed E-state index contributed by atoms with van der Waals surface area (Å²) >= 11 is 0. The van der Waals surface area contributed by atoms with E-state index in [4.69, 9.17) is 4.98 Å². The summed E-state index contributed by atoms with van der Waals surface area (Å²) in [6.07, 6.45) is -4.56. The van der Waals surface area contributed by atoms with Crippen LogP contribution in [0.4, 0.5) is 36.6 Å². The molecule has 0 saturated carbocycles. The van der Waals surface area contributed by atoms with E-state index in [9.17, 15) is 40.3 Å². The molecule has 11 nitrogen and oxygen atoms in total. The molecule has 6 rings (SSSR count). The zero-order valence-electron chi connectivity index (χ0n) is 32.8. The average molecular weight is 848 g/mol. The molecule has 3 heterocycles. The molecule has 59 heavy (non-hydrogen) atoms. The van der Waals surface area contributed by atoms with Crippen molar-refractivity contribution in [2.45, 2.75) is 77.2 Å². The number of hydrogen-bond acceptors (Lipinski definition) is 7.